The maximum atomic E-state index is 11.1. The lowest BCUT2D eigenvalue weighted by Crippen LogP contribution is -2.43. The molecule has 0 bridgehead atoms. The predicted molar refractivity (Wildman–Crippen MR) is 63.3 cm³/mol. The van der Waals surface area contributed by atoms with Gasteiger partial charge < -0.3 is 5.11 Å². The van der Waals surface area contributed by atoms with Crippen LogP contribution in [0.3, 0.4) is 0 Å². The summed E-state index contributed by atoms with van der Waals surface area (Å²) in [6, 6.07) is 3.55. The van der Waals surface area contributed by atoms with Crippen LogP contribution in [0.4, 0.5) is 0 Å². The van der Waals surface area contributed by atoms with Crippen molar-refractivity contribution in [3.05, 3.63) is 22.4 Å². The zero-order valence-electron chi connectivity index (χ0n) is 8.56. The van der Waals surface area contributed by atoms with Crippen LogP contribution in [0.1, 0.15) is 24.1 Å². The summed E-state index contributed by atoms with van der Waals surface area (Å²) in [5.74, 6) is -0.772. The maximum Gasteiger partial charge on any atom is 0.322 e. The third-order valence-corrected chi connectivity index (χ3v) is 5.04. The fraction of sp³-hybridized carbons (Fsp3) is 0.500. The molecule has 3 nitrogen and oxygen atoms in total. The normalized spacial score (nSPS) is 29.2. The minimum atomic E-state index is -0.772. The Balaban J connectivity index is 2.19. The number of carboxylic acids is 1. The number of hydrogen-bond donors (Lipinski definition) is 2. The second-order valence-electron chi connectivity index (χ2n) is 4.05. The monoisotopic (exact) mass is 243 g/mol. The largest absolute Gasteiger partial charge is 0.480 e. The summed E-state index contributed by atoms with van der Waals surface area (Å²) in [5.41, 5.74) is 0. The molecule has 1 aromatic heterocycles. The van der Waals surface area contributed by atoms with Gasteiger partial charge in [-0.25, -0.2) is 0 Å². The first kappa shape index (κ1) is 11.0. The first-order chi connectivity index (χ1) is 7.00. The van der Waals surface area contributed by atoms with Crippen LogP contribution in [0, 0.1) is 0 Å². The number of nitrogens with one attached hydrogen (secondary N) is 1. The van der Waals surface area contributed by atoms with E-state index in [1.165, 1.54) is 4.88 Å². The Morgan fingerprint density at radius 1 is 1.60 bits per heavy atom. The number of carbonyl (C=O) groups is 1. The highest BCUT2D eigenvalue weighted by Gasteiger charge is 2.45. The van der Waals surface area contributed by atoms with E-state index in [2.05, 4.69) is 5.32 Å². The van der Waals surface area contributed by atoms with Gasteiger partial charge in [0.05, 0.1) is 5.37 Å². The number of thiophene rings is 1. The number of thioether (sulfide) groups is 1. The maximum absolute atomic E-state index is 11.1. The lowest BCUT2D eigenvalue weighted by atomic mass is 10.0. The molecule has 1 aromatic rings. The van der Waals surface area contributed by atoms with Crippen molar-refractivity contribution in [1.82, 2.24) is 5.32 Å². The summed E-state index contributed by atoms with van der Waals surface area (Å²) in [6.45, 7) is 3.94. The summed E-state index contributed by atoms with van der Waals surface area (Å²) in [7, 11) is 0. The lowest BCUT2D eigenvalue weighted by molar-refractivity contribution is -0.139. The van der Waals surface area contributed by atoms with Crippen molar-refractivity contribution in [2.45, 2.75) is 30.0 Å². The Bertz CT molecular complexity index is 362. The lowest BCUT2D eigenvalue weighted by Gasteiger charge is -2.20. The molecule has 2 heterocycles. The average Bonchev–Trinajstić information content (AvgIpc) is 2.69. The average molecular weight is 243 g/mol. The Labute approximate surface area is 96.9 Å². The molecule has 1 aliphatic rings. The zero-order valence-corrected chi connectivity index (χ0v) is 10.2. The zero-order chi connectivity index (χ0) is 11.1. The molecular formula is C10H13NO2S2. The minimum Gasteiger partial charge on any atom is -0.480 e. The Morgan fingerprint density at radius 2 is 2.33 bits per heavy atom. The molecule has 1 aliphatic heterocycles. The van der Waals surface area contributed by atoms with Gasteiger partial charge in [0.25, 0.3) is 0 Å². The molecule has 15 heavy (non-hydrogen) atoms. The van der Waals surface area contributed by atoms with Gasteiger partial charge in [0.2, 0.25) is 0 Å². The molecule has 0 spiro atoms. The molecule has 0 aliphatic carbocycles. The molecule has 2 unspecified atom stereocenters. The van der Waals surface area contributed by atoms with Crippen LogP contribution in [0.5, 0.6) is 0 Å². The number of hydrogen-bond acceptors (Lipinski definition) is 4. The van der Waals surface area contributed by atoms with Gasteiger partial charge in [-0.15, -0.1) is 23.1 Å². The van der Waals surface area contributed by atoms with Gasteiger partial charge in [-0.2, -0.15) is 0 Å². The van der Waals surface area contributed by atoms with Gasteiger partial charge in [-0.3, -0.25) is 10.1 Å². The molecule has 1 saturated heterocycles. The highest BCUT2D eigenvalue weighted by Crippen LogP contribution is 2.46. The Kier molecular flexibility index (Phi) is 2.79. The predicted octanol–water partition coefficient (Wildman–Crippen LogP) is 2.31. The van der Waals surface area contributed by atoms with Crippen LogP contribution in [-0.2, 0) is 4.79 Å². The molecular weight excluding hydrogens is 230 g/mol. The molecule has 5 heteroatoms. The molecule has 0 saturated carbocycles. The van der Waals surface area contributed by atoms with E-state index in [1.54, 1.807) is 23.1 Å². The van der Waals surface area contributed by atoms with Gasteiger partial charge in [-0.1, -0.05) is 6.07 Å². The van der Waals surface area contributed by atoms with Crippen molar-refractivity contribution in [3.63, 3.8) is 0 Å². The Morgan fingerprint density at radius 3 is 2.80 bits per heavy atom. The van der Waals surface area contributed by atoms with Crippen LogP contribution in [0.2, 0.25) is 0 Å². The minimum absolute atomic E-state index is 0.112. The van der Waals surface area contributed by atoms with Crippen LogP contribution < -0.4 is 5.32 Å². The van der Waals surface area contributed by atoms with E-state index < -0.39 is 12.0 Å². The third-order valence-electron chi connectivity index (χ3n) is 2.48. The fourth-order valence-corrected chi connectivity index (χ4v) is 3.99. The summed E-state index contributed by atoms with van der Waals surface area (Å²) in [5, 5.41) is 14.4. The molecule has 2 N–H and O–H groups in total. The quantitative estimate of drug-likeness (QED) is 0.837. The fourth-order valence-electron chi connectivity index (χ4n) is 1.71. The topological polar surface area (TPSA) is 49.3 Å². The molecule has 1 fully saturated rings. The van der Waals surface area contributed by atoms with Gasteiger partial charge >= 0.3 is 5.97 Å². The smallest absolute Gasteiger partial charge is 0.322 e. The van der Waals surface area contributed by atoms with E-state index in [0.29, 0.717) is 0 Å². The van der Waals surface area contributed by atoms with E-state index in [1.807, 2.05) is 31.4 Å². The molecule has 0 radical (unpaired) electrons. The summed E-state index contributed by atoms with van der Waals surface area (Å²) < 4.78 is -0.263. The van der Waals surface area contributed by atoms with Crippen LogP contribution in [0.15, 0.2) is 17.5 Å². The second kappa shape index (κ2) is 3.81. The van der Waals surface area contributed by atoms with Crippen molar-refractivity contribution in [2.75, 3.05) is 0 Å². The third kappa shape index (κ3) is 2.04. The van der Waals surface area contributed by atoms with Crippen LogP contribution in [-0.4, -0.2) is 21.9 Å². The van der Waals surface area contributed by atoms with E-state index in [9.17, 15) is 4.79 Å². The molecule has 0 amide bonds. The van der Waals surface area contributed by atoms with Gasteiger partial charge in [0.1, 0.15) is 6.04 Å². The summed E-state index contributed by atoms with van der Waals surface area (Å²) in [4.78, 5) is 12.3. The molecule has 82 valence electrons. The van der Waals surface area contributed by atoms with Crippen LogP contribution in [0.25, 0.3) is 0 Å². The van der Waals surface area contributed by atoms with E-state index in [4.69, 9.17) is 5.11 Å². The highest BCUT2D eigenvalue weighted by atomic mass is 32.2. The van der Waals surface area contributed by atoms with Gasteiger partial charge in [0, 0.05) is 9.62 Å². The van der Waals surface area contributed by atoms with Crippen molar-refractivity contribution in [1.29, 1.82) is 0 Å². The molecule has 2 atom stereocenters. The number of rotatable bonds is 2. The first-order valence-electron chi connectivity index (χ1n) is 4.71. The first-order valence-corrected chi connectivity index (χ1v) is 6.47. The number of carboxylic acid groups (broad SMARTS) is 1. The van der Waals surface area contributed by atoms with Crippen molar-refractivity contribution >= 4 is 29.1 Å². The van der Waals surface area contributed by atoms with E-state index >= 15 is 0 Å². The SMILES string of the molecule is CC1(C)SC(c2cccs2)NC1C(=O)O. The second-order valence-corrected chi connectivity index (χ2v) is 6.79. The van der Waals surface area contributed by atoms with Gasteiger partial charge in [0.15, 0.2) is 0 Å². The molecule has 0 aromatic carbocycles. The van der Waals surface area contributed by atoms with Crippen molar-refractivity contribution < 1.29 is 9.90 Å². The van der Waals surface area contributed by atoms with E-state index in [0.717, 1.165) is 0 Å². The molecule has 2 rings (SSSR count). The van der Waals surface area contributed by atoms with Gasteiger partial charge in [-0.05, 0) is 25.3 Å². The summed E-state index contributed by atoms with van der Waals surface area (Å²) >= 11 is 3.34. The number of aliphatic carboxylic acids is 1. The van der Waals surface area contributed by atoms with E-state index in [-0.39, 0.29) is 10.1 Å². The van der Waals surface area contributed by atoms with Crippen LogP contribution >= 0.6 is 23.1 Å². The Hall–Kier alpha value is -0.520. The highest BCUT2D eigenvalue weighted by molar-refractivity contribution is 8.01. The summed E-state index contributed by atoms with van der Waals surface area (Å²) in [6.07, 6.45) is 0. The van der Waals surface area contributed by atoms with Crippen molar-refractivity contribution in [2.24, 2.45) is 0 Å². The van der Waals surface area contributed by atoms with Crippen molar-refractivity contribution in [3.8, 4) is 0 Å². The standard InChI is InChI=1S/C10H13NO2S2/c1-10(2)7(9(12)13)11-8(15-10)6-4-3-5-14-6/h3-5,7-8,11H,1-2H3,(H,12,13).